The van der Waals surface area contributed by atoms with Crippen molar-refractivity contribution in [2.45, 2.75) is 44.7 Å². The number of hydrogen-bond donors (Lipinski definition) is 1. The molecule has 1 N–H and O–H groups in total. The van der Waals surface area contributed by atoms with E-state index in [1.165, 1.54) is 12.1 Å². The molecule has 0 unspecified atom stereocenters. The van der Waals surface area contributed by atoms with Gasteiger partial charge in [-0.25, -0.2) is 4.39 Å². The zero-order valence-electron chi connectivity index (χ0n) is 15.0. The van der Waals surface area contributed by atoms with Gasteiger partial charge in [0.1, 0.15) is 5.82 Å². The molecule has 1 amide bonds. The molecule has 2 heterocycles. The summed E-state index contributed by atoms with van der Waals surface area (Å²) in [4.78, 5) is 15.1. The van der Waals surface area contributed by atoms with E-state index in [9.17, 15) is 14.3 Å². The molecule has 2 saturated heterocycles. The number of carbonyl (C=O) groups is 1. The monoisotopic (exact) mass is 353 g/mol. The second-order valence-corrected chi connectivity index (χ2v) is 7.63. The Bertz CT molecular complexity index is 813. The lowest BCUT2D eigenvalue weighted by Crippen LogP contribution is -2.42. The summed E-state index contributed by atoms with van der Waals surface area (Å²) in [6.07, 6.45) is 3.80. The molecule has 26 heavy (non-hydrogen) atoms. The van der Waals surface area contributed by atoms with Crippen LogP contribution in [-0.2, 0) is 0 Å². The predicted octanol–water partition coefficient (Wildman–Crippen LogP) is 4.26. The van der Waals surface area contributed by atoms with E-state index in [-0.39, 0.29) is 35.8 Å². The average molecular weight is 353 g/mol. The zero-order chi connectivity index (χ0) is 18.3. The van der Waals surface area contributed by atoms with E-state index >= 15 is 0 Å². The molecule has 136 valence electrons. The smallest absolute Gasteiger partial charge is 0.254 e. The molecule has 2 aliphatic heterocycles. The van der Waals surface area contributed by atoms with Gasteiger partial charge < -0.3 is 10.0 Å². The third-order valence-corrected chi connectivity index (χ3v) is 6.39. The Labute approximate surface area is 153 Å². The first-order chi connectivity index (χ1) is 12.6. The number of aliphatic hydroxyl groups excluding tert-OH is 1. The molecule has 4 heteroatoms. The van der Waals surface area contributed by atoms with Gasteiger partial charge in [0.15, 0.2) is 0 Å². The number of nitrogens with zero attached hydrogens (tertiary/aromatic N) is 1. The van der Waals surface area contributed by atoms with Gasteiger partial charge in [0, 0.05) is 23.1 Å². The molecule has 2 bridgehead atoms. The highest BCUT2D eigenvalue weighted by Gasteiger charge is 2.56. The molecule has 0 radical (unpaired) electrons. The van der Waals surface area contributed by atoms with Gasteiger partial charge in [-0.1, -0.05) is 31.2 Å². The summed E-state index contributed by atoms with van der Waals surface area (Å²) in [5.41, 5.74) is 2.21. The Morgan fingerprint density at radius 3 is 2.58 bits per heavy atom. The van der Waals surface area contributed by atoms with Crippen LogP contribution in [-0.4, -0.2) is 34.6 Å². The third-order valence-electron chi connectivity index (χ3n) is 6.39. The van der Waals surface area contributed by atoms with Crippen LogP contribution < -0.4 is 0 Å². The van der Waals surface area contributed by atoms with E-state index in [2.05, 4.69) is 6.92 Å². The van der Waals surface area contributed by atoms with Crippen LogP contribution in [0.15, 0.2) is 48.5 Å². The Balaban J connectivity index is 1.58. The van der Waals surface area contributed by atoms with Crippen molar-refractivity contribution < 1.29 is 14.3 Å². The number of hydrogen-bond acceptors (Lipinski definition) is 2. The van der Waals surface area contributed by atoms with Crippen LogP contribution in [0.4, 0.5) is 4.39 Å². The van der Waals surface area contributed by atoms with E-state index in [0.29, 0.717) is 5.56 Å². The highest BCUT2D eigenvalue weighted by Crippen LogP contribution is 2.51. The first-order valence-corrected chi connectivity index (χ1v) is 9.37. The lowest BCUT2D eigenvalue weighted by atomic mass is 9.72. The zero-order valence-corrected chi connectivity index (χ0v) is 15.0. The summed E-state index contributed by atoms with van der Waals surface area (Å²) in [6, 6.07) is 14.2. The highest BCUT2D eigenvalue weighted by atomic mass is 19.1. The molecule has 2 aromatic carbocycles. The fourth-order valence-corrected chi connectivity index (χ4v) is 4.88. The Hall–Kier alpha value is -2.20. The SMILES string of the molecule is CC[C@@]1(CO)C[C@@H]2CC[C@H]1N2C(=O)c1ccc(-c2cccc(F)c2)cc1. The number of rotatable bonds is 4. The minimum Gasteiger partial charge on any atom is -0.396 e. The van der Waals surface area contributed by atoms with Crippen molar-refractivity contribution in [2.75, 3.05) is 6.61 Å². The lowest BCUT2D eigenvalue weighted by molar-refractivity contribution is 0.0557. The summed E-state index contributed by atoms with van der Waals surface area (Å²) < 4.78 is 13.4. The van der Waals surface area contributed by atoms with Gasteiger partial charge >= 0.3 is 0 Å². The molecule has 0 aliphatic carbocycles. The van der Waals surface area contributed by atoms with Gasteiger partial charge in [0.25, 0.3) is 5.91 Å². The molecule has 2 aliphatic rings. The summed E-state index contributed by atoms with van der Waals surface area (Å²) in [5.74, 6) is -0.219. The maximum atomic E-state index is 13.4. The molecule has 0 aromatic heterocycles. The summed E-state index contributed by atoms with van der Waals surface area (Å²) in [7, 11) is 0. The van der Waals surface area contributed by atoms with Gasteiger partial charge in [0.2, 0.25) is 0 Å². The number of fused-ring (bicyclic) bond motifs is 2. The summed E-state index contributed by atoms with van der Waals surface area (Å²) >= 11 is 0. The van der Waals surface area contributed by atoms with Crippen LogP contribution in [0.2, 0.25) is 0 Å². The van der Waals surface area contributed by atoms with Crippen molar-refractivity contribution in [3.05, 3.63) is 59.9 Å². The van der Waals surface area contributed by atoms with Crippen LogP contribution in [0, 0.1) is 11.2 Å². The number of benzene rings is 2. The average Bonchev–Trinajstić information content (AvgIpc) is 3.23. The summed E-state index contributed by atoms with van der Waals surface area (Å²) in [6.45, 7) is 2.25. The lowest BCUT2D eigenvalue weighted by Gasteiger charge is -2.34. The van der Waals surface area contributed by atoms with E-state index in [0.717, 1.165) is 36.8 Å². The summed E-state index contributed by atoms with van der Waals surface area (Å²) in [5, 5.41) is 9.92. The molecular formula is C22H24FNO2. The van der Waals surface area contributed by atoms with Gasteiger partial charge in [-0.3, -0.25) is 4.79 Å². The quantitative estimate of drug-likeness (QED) is 0.892. The topological polar surface area (TPSA) is 40.5 Å². The molecule has 0 spiro atoms. The molecule has 0 saturated carbocycles. The first kappa shape index (κ1) is 17.2. The standard InChI is InChI=1S/C22H24FNO2/c1-2-22(14-25)13-19-10-11-20(22)24(19)21(26)16-8-6-15(7-9-16)17-4-3-5-18(23)12-17/h3-9,12,19-20,25H,2,10-11,13-14H2,1H3/t19-,20+,22-/m0/s1. The van der Waals surface area contributed by atoms with Crippen molar-refractivity contribution in [2.24, 2.45) is 5.41 Å². The third kappa shape index (κ3) is 2.64. The number of carbonyl (C=O) groups excluding carboxylic acids is 1. The van der Waals surface area contributed by atoms with Gasteiger partial charge in [-0.15, -0.1) is 0 Å². The molecule has 3 atom stereocenters. The second-order valence-electron chi connectivity index (χ2n) is 7.63. The van der Waals surface area contributed by atoms with Gasteiger partial charge in [-0.2, -0.15) is 0 Å². The maximum absolute atomic E-state index is 13.4. The fraction of sp³-hybridized carbons (Fsp3) is 0.409. The number of aliphatic hydroxyl groups is 1. The Kier molecular flexibility index (Phi) is 4.31. The van der Waals surface area contributed by atoms with Crippen LogP contribution in [0.25, 0.3) is 11.1 Å². The van der Waals surface area contributed by atoms with E-state index in [1.807, 2.05) is 35.2 Å². The first-order valence-electron chi connectivity index (χ1n) is 9.37. The van der Waals surface area contributed by atoms with Crippen molar-refractivity contribution >= 4 is 5.91 Å². The van der Waals surface area contributed by atoms with Crippen molar-refractivity contribution in [3.8, 4) is 11.1 Å². The maximum Gasteiger partial charge on any atom is 0.254 e. The van der Waals surface area contributed by atoms with Crippen molar-refractivity contribution in [3.63, 3.8) is 0 Å². The van der Waals surface area contributed by atoms with Crippen LogP contribution in [0.3, 0.4) is 0 Å². The minimum absolute atomic E-state index is 0.0482. The van der Waals surface area contributed by atoms with Crippen LogP contribution in [0.1, 0.15) is 43.0 Å². The molecule has 3 nitrogen and oxygen atoms in total. The second kappa shape index (κ2) is 6.51. The normalized spacial score (nSPS) is 27.1. The molecule has 4 rings (SSSR count). The van der Waals surface area contributed by atoms with E-state index in [1.54, 1.807) is 6.07 Å². The van der Waals surface area contributed by atoms with Crippen LogP contribution >= 0.6 is 0 Å². The van der Waals surface area contributed by atoms with Crippen molar-refractivity contribution in [1.82, 2.24) is 4.90 Å². The van der Waals surface area contributed by atoms with E-state index < -0.39 is 0 Å². The number of amides is 1. The number of halogens is 1. The van der Waals surface area contributed by atoms with Gasteiger partial charge in [0.05, 0.1) is 6.61 Å². The van der Waals surface area contributed by atoms with Crippen LogP contribution in [0.5, 0.6) is 0 Å². The molecular weight excluding hydrogens is 329 g/mol. The molecule has 2 fully saturated rings. The largest absolute Gasteiger partial charge is 0.396 e. The minimum atomic E-state index is -0.267. The van der Waals surface area contributed by atoms with Crippen molar-refractivity contribution in [1.29, 1.82) is 0 Å². The fourth-order valence-electron chi connectivity index (χ4n) is 4.88. The molecule has 2 aromatic rings. The Morgan fingerprint density at radius 2 is 1.96 bits per heavy atom. The predicted molar refractivity (Wildman–Crippen MR) is 99.2 cm³/mol. The van der Waals surface area contributed by atoms with Gasteiger partial charge in [-0.05, 0) is 61.1 Å². The van der Waals surface area contributed by atoms with E-state index in [4.69, 9.17) is 0 Å². The Morgan fingerprint density at radius 1 is 1.19 bits per heavy atom. The highest BCUT2D eigenvalue weighted by molar-refractivity contribution is 5.95.